The van der Waals surface area contributed by atoms with E-state index < -0.39 is 5.54 Å². The van der Waals surface area contributed by atoms with E-state index in [1.54, 1.807) is 0 Å². The highest BCUT2D eigenvalue weighted by atomic mass is 16.1. The number of carbonyl (C=O) groups is 1. The molecule has 3 N–H and O–H groups in total. The zero-order chi connectivity index (χ0) is 15.8. The van der Waals surface area contributed by atoms with E-state index in [0.717, 1.165) is 39.0 Å². The summed E-state index contributed by atoms with van der Waals surface area (Å²) in [6.45, 7) is 12.5. The van der Waals surface area contributed by atoms with E-state index in [1.807, 2.05) is 0 Å². The number of piperazine rings is 1. The van der Waals surface area contributed by atoms with E-state index in [9.17, 15) is 4.79 Å². The quantitative estimate of drug-likeness (QED) is 0.755. The smallest absolute Gasteiger partial charge is 0.239 e. The Kier molecular flexibility index (Phi) is 4.66. The summed E-state index contributed by atoms with van der Waals surface area (Å²) >= 11 is 0. The van der Waals surface area contributed by atoms with Gasteiger partial charge in [0.15, 0.2) is 0 Å². The fourth-order valence-corrected chi connectivity index (χ4v) is 3.56. The summed E-state index contributed by atoms with van der Waals surface area (Å²) in [5, 5.41) is 3.51. The maximum atomic E-state index is 12.3. The Hall–Kier alpha value is -0.650. The van der Waals surface area contributed by atoms with E-state index in [-0.39, 0.29) is 17.5 Å². The lowest BCUT2D eigenvalue weighted by Crippen LogP contribution is -2.68. The van der Waals surface area contributed by atoms with Crippen molar-refractivity contribution in [2.45, 2.75) is 57.7 Å². The molecule has 122 valence electrons. The number of primary amides is 1. The number of likely N-dealkylation sites (N-methyl/N-ethyl adjacent to an activating group) is 1. The molecule has 5 nitrogen and oxygen atoms in total. The van der Waals surface area contributed by atoms with Crippen molar-refractivity contribution in [3.05, 3.63) is 0 Å². The minimum atomic E-state index is -0.555. The van der Waals surface area contributed by atoms with Crippen molar-refractivity contribution >= 4 is 5.91 Å². The summed E-state index contributed by atoms with van der Waals surface area (Å²) < 4.78 is 0. The minimum absolute atomic E-state index is 0.142. The largest absolute Gasteiger partial charge is 0.368 e. The molecule has 1 unspecified atom stereocenters. The second kappa shape index (κ2) is 5.86. The Morgan fingerprint density at radius 3 is 2.43 bits per heavy atom. The van der Waals surface area contributed by atoms with Crippen LogP contribution in [0.1, 0.15) is 40.5 Å². The molecule has 1 aliphatic heterocycles. The summed E-state index contributed by atoms with van der Waals surface area (Å²) in [6.07, 6.45) is 2.22. The molecule has 21 heavy (non-hydrogen) atoms. The van der Waals surface area contributed by atoms with Gasteiger partial charge < -0.3 is 5.73 Å². The van der Waals surface area contributed by atoms with Crippen LogP contribution in [0.5, 0.6) is 0 Å². The molecule has 0 spiro atoms. The molecule has 2 aliphatic rings. The van der Waals surface area contributed by atoms with Crippen LogP contribution < -0.4 is 11.1 Å². The number of nitrogens with zero attached hydrogens (tertiary/aromatic N) is 2. The standard InChI is InChI=1S/C16H32N4O/c1-12(2)18-16(14(17)21,13-6-7-13)11-20-9-8-19(5)15(3,4)10-20/h12-13,18H,6-11H2,1-5H3,(H2,17,21). The lowest BCUT2D eigenvalue weighted by Gasteiger charge is -2.48. The highest BCUT2D eigenvalue weighted by Gasteiger charge is 2.51. The van der Waals surface area contributed by atoms with Gasteiger partial charge in [-0.1, -0.05) is 0 Å². The fourth-order valence-electron chi connectivity index (χ4n) is 3.56. The van der Waals surface area contributed by atoms with Gasteiger partial charge in [0, 0.05) is 37.8 Å². The summed E-state index contributed by atoms with van der Waals surface area (Å²) in [7, 11) is 2.17. The van der Waals surface area contributed by atoms with Gasteiger partial charge in [-0.2, -0.15) is 0 Å². The monoisotopic (exact) mass is 296 g/mol. The van der Waals surface area contributed by atoms with Crippen LogP contribution in [0.15, 0.2) is 0 Å². The first-order valence-electron chi connectivity index (χ1n) is 8.18. The number of carbonyl (C=O) groups excluding carboxylic acids is 1. The van der Waals surface area contributed by atoms with Crippen molar-refractivity contribution in [2.75, 3.05) is 33.2 Å². The first-order chi connectivity index (χ1) is 9.67. The van der Waals surface area contributed by atoms with E-state index in [0.29, 0.717) is 5.92 Å². The molecule has 1 amide bonds. The molecule has 5 heteroatoms. The lowest BCUT2D eigenvalue weighted by atomic mass is 9.88. The normalized spacial score (nSPS) is 26.8. The van der Waals surface area contributed by atoms with Gasteiger partial charge >= 0.3 is 0 Å². The van der Waals surface area contributed by atoms with Crippen LogP contribution in [0, 0.1) is 5.92 Å². The second-order valence-electron chi connectivity index (χ2n) is 7.85. The first-order valence-corrected chi connectivity index (χ1v) is 8.18. The van der Waals surface area contributed by atoms with Crippen LogP contribution in [0.25, 0.3) is 0 Å². The molecule has 1 aliphatic carbocycles. The van der Waals surface area contributed by atoms with Gasteiger partial charge in [-0.05, 0) is 53.5 Å². The molecule has 1 saturated heterocycles. The van der Waals surface area contributed by atoms with Crippen molar-refractivity contribution in [2.24, 2.45) is 11.7 Å². The number of nitrogens with one attached hydrogen (secondary N) is 1. The van der Waals surface area contributed by atoms with E-state index in [1.165, 1.54) is 0 Å². The van der Waals surface area contributed by atoms with Crippen LogP contribution in [0.2, 0.25) is 0 Å². The predicted octanol–water partition coefficient (Wildman–Crippen LogP) is 0.645. The highest BCUT2D eigenvalue weighted by Crippen LogP contribution is 2.41. The molecule has 1 atom stereocenters. The van der Waals surface area contributed by atoms with Crippen LogP contribution >= 0.6 is 0 Å². The molecular formula is C16H32N4O. The van der Waals surface area contributed by atoms with Gasteiger partial charge in [-0.3, -0.25) is 19.9 Å². The predicted molar refractivity (Wildman–Crippen MR) is 86.1 cm³/mol. The van der Waals surface area contributed by atoms with Gasteiger partial charge in [-0.15, -0.1) is 0 Å². The maximum absolute atomic E-state index is 12.3. The Bertz CT molecular complexity index is 392. The second-order valence-corrected chi connectivity index (χ2v) is 7.85. The number of rotatable bonds is 6. The molecule has 1 heterocycles. The third-order valence-corrected chi connectivity index (χ3v) is 5.13. The average molecular weight is 296 g/mol. The zero-order valence-corrected chi connectivity index (χ0v) is 14.3. The van der Waals surface area contributed by atoms with Gasteiger partial charge in [0.1, 0.15) is 5.54 Å². The van der Waals surface area contributed by atoms with Crippen molar-refractivity contribution < 1.29 is 4.79 Å². The number of hydrogen-bond donors (Lipinski definition) is 2. The average Bonchev–Trinajstić information content (AvgIpc) is 3.16. The molecule has 0 aromatic rings. The van der Waals surface area contributed by atoms with Crippen molar-refractivity contribution in [1.29, 1.82) is 0 Å². The van der Waals surface area contributed by atoms with Gasteiger partial charge in [-0.25, -0.2) is 0 Å². The van der Waals surface area contributed by atoms with Gasteiger partial charge in [0.25, 0.3) is 0 Å². The lowest BCUT2D eigenvalue weighted by molar-refractivity contribution is -0.127. The molecule has 2 rings (SSSR count). The highest BCUT2D eigenvalue weighted by molar-refractivity contribution is 5.86. The van der Waals surface area contributed by atoms with Crippen LogP contribution in [0.4, 0.5) is 0 Å². The molecule has 0 bridgehead atoms. The van der Waals surface area contributed by atoms with Gasteiger partial charge in [0.05, 0.1) is 0 Å². The number of hydrogen-bond acceptors (Lipinski definition) is 4. The Balaban J connectivity index is 2.13. The Morgan fingerprint density at radius 2 is 2.00 bits per heavy atom. The van der Waals surface area contributed by atoms with Crippen LogP contribution in [0.3, 0.4) is 0 Å². The number of amides is 1. The molecule has 0 aromatic carbocycles. The van der Waals surface area contributed by atoms with E-state index in [4.69, 9.17) is 5.73 Å². The maximum Gasteiger partial charge on any atom is 0.239 e. The van der Waals surface area contributed by atoms with Crippen molar-refractivity contribution in [3.8, 4) is 0 Å². The first kappa shape index (κ1) is 16.7. The molecule has 2 fully saturated rings. The molecular weight excluding hydrogens is 264 g/mol. The van der Waals surface area contributed by atoms with Crippen LogP contribution in [-0.2, 0) is 4.79 Å². The molecule has 0 aromatic heterocycles. The van der Waals surface area contributed by atoms with Crippen molar-refractivity contribution in [3.63, 3.8) is 0 Å². The number of nitrogens with two attached hydrogens (primary N) is 1. The topological polar surface area (TPSA) is 61.6 Å². The summed E-state index contributed by atoms with van der Waals surface area (Å²) in [4.78, 5) is 17.1. The molecule has 1 saturated carbocycles. The van der Waals surface area contributed by atoms with Crippen LogP contribution in [-0.4, -0.2) is 66.1 Å². The minimum Gasteiger partial charge on any atom is -0.368 e. The third-order valence-electron chi connectivity index (χ3n) is 5.13. The summed E-state index contributed by atoms with van der Waals surface area (Å²) in [5.74, 6) is 0.218. The Labute approximate surface area is 129 Å². The Morgan fingerprint density at radius 1 is 1.38 bits per heavy atom. The SMILES string of the molecule is CC(C)NC(CN1CCN(C)C(C)(C)C1)(C(N)=O)C1CC1. The van der Waals surface area contributed by atoms with Gasteiger partial charge in [0.2, 0.25) is 5.91 Å². The van der Waals surface area contributed by atoms with Crippen molar-refractivity contribution in [1.82, 2.24) is 15.1 Å². The fraction of sp³-hybridized carbons (Fsp3) is 0.938. The molecule has 0 radical (unpaired) electrons. The summed E-state index contributed by atoms with van der Waals surface area (Å²) in [6, 6.07) is 0.263. The zero-order valence-electron chi connectivity index (χ0n) is 14.3. The van der Waals surface area contributed by atoms with E-state index >= 15 is 0 Å². The third kappa shape index (κ3) is 3.58. The summed E-state index contributed by atoms with van der Waals surface area (Å²) in [5.41, 5.74) is 5.42. The van der Waals surface area contributed by atoms with E-state index in [2.05, 4.69) is 49.9 Å².